The molecule has 0 radical (unpaired) electrons. The van der Waals surface area contributed by atoms with Crippen LogP contribution >= 0.6 is 11.6 Å². The Morgan fingerprint density at radius 2 is 1.82 bits per heavy atom. The Labute approximate surface area is 228 Å². The number of anilines is 1. The highest BCUT2D eigenvalue weighted by Gasteiger charge is 2.48. The Kier molecular flexibility index (Phi) is 6.86. The molecule has 13 heteroatoms. The van der Waals surface area contributed by atoms with E-state index in [1.807, 2.05) is 4.90 Å². The fraction of sp³-hybridized carbons (Fsp3) is 0.680. The molecule has 38 heavy (non-hydrogen) atoms. The molecule has 1 aliphatic heterocycles. The molecule has 206 valence electrons. The summed E-state index contributed by atoms with van der Waals surface area (Å²) in [5.41, 5.74) is 0. The number of carbonyl (C=O) groups is 1. The minimum absolute atomic E-state index is 0.0239. The predicted molar refractivity (Wildman–Crippen MR) is 143 cm³/mol. The SMILES string of the molecule is CN(C)S(=O)(=O)N1CCN(c2cc(Cl)nc(-n3ccnc3)n2)C(C(=O)NCC2C3CC4CC(C3)CC2C4)C1. The Bertz CT molecular complexity index is 1260. The van der Waals surface area contributed by atoms with E-state index in [4.69, 9.17) is 11.6 Å². The van der Waals surface area contributed by atoms with Crippen molar-refractivity contribution in [2.24, 2.45) is 29.6 Å². The van der Waals surface area contributed by atoms with E-state index in [2.05, 4.69) is 20.3 Å². The summed E-state index contributed by atoms with van der Waals surface area (Å²) in [6.45, 7) is 1.18. The van der Waals surface area contributed by atoms with Crippen LogP contribution in [0.25, 0.3) is 5.95 Å². The number of piperazine rings is 1. The number of rotatable bonds is 7. The molecule has 1 amide bonds. The minimum Gasteiger partial charge on any atom is -0.354 e. The summed E-state index contributed by atoms with van der Waals surface area (Å²) in [5, 5.41) is 3.46. The Morgan fingerprint density at radius 3 is 2.45 bits per heavy atom. The van der Waals surface area contributed by atoms with E-state index in [1.54, 1.807) is 29.4 Å². The Morgan fingerprint density at radius 1 is 1.11 bits per heavy atom. The van der Waals surface area contributed by atoms with Crippen molar-refractivity contribution >= 4 is 33.5 Å². The van der Waals surface area contributed by atoms with Crippen LogP contribution in [0.3, 0.4) is 0 Å². The summed E-state index contributed by atoms with van der Waals surface area (Å²) in [6.07, 6.45) is 11.4. The van der Waals surface area contributed by atoms with Crippen LogP contribution in [0.5, 0.6) is 0 Å². The first kappa shape index (κ1) is 26.0. The number of imidazole rings is 1. The average Bonchev–Trinajstić information content (AvgIpc) is 3.42. The highest BCUT2D eigenvalue weighted by Crippen LogP contribution is 2.56. The molecule has 0 spiro atoms. The lowest BCUT2D eigenvalue weighted by molar-refractivity contribution is -0.124. The lowest BCUT2D eigenvalue weighted by Crippen LogP contribution is -2.62. The first-order valence-corrected chi connectivity index (χ1v) is 15.2. The quantitative estimate of drug-likeness (QED) is 0.511. The molecule has 0 aromatic carbocycles. The largest absolute Gasteiger partial charge is 0.354 e. The number of nitrogens with zero attached hydrogens (tertiary/aromatic N) is 7. The van der Waals surface area contributed by atoms with E-state index < -0.39 is 16.3 Å². The van der Waals surface area contributed by atoms with Crippen molar-refractivity contribution in [3.8, 4) is 5.95 Å². The van der Waals surface area contributed by atoms with Crippen molar-refractivity contribution in [2.45, 2.75) is 38.1 Å². The van der Waals surface area contributed by atoms with Gasteiger partial charge in [0.15, 0.2) is 0 Å². The Hall–Kier alpha value is -2.28. The van der Waals surface area contributed by atoms with Crippen molar-refractivity contribution in [1.82, 2.24) is 33.4 Å². The second-order valence-electron chi connectivity index (χ2n) is 11.5. The van der Waals surface area contributed by atoms with Crippen LogP contribution in [0.4, 0.5) is 5.82 Å². The van der Waals surface area contributed by atoms with Crippen LogP contribution in [0, 0.1) is 29.6 Å². The van der Waals surface area contributed by atoms with E-state index >= 15 is 0 Å². The number of nitrogens with one attached hydrogen (secondary N) is 1. The van der Waals surface area contributed by atoms with Gasteiger partial charge in [-0.25, -0.2) is 9.97 Å². The van der Waals surface area contributed by atoms with E-state index in [-0.39, 0.29) is 24.1 Å². The van der Waals surface area contributed by atoms with Crippen molar-refractivity contribution in [3.05, 3.63) is 29.9 Å². The first-order chi connectivity index (χ1) is 18.2. The van der Waals surface area contributed by atoms with E-state index in [0.29, 0.717) is 42.6 Å². The summed E-state index contributed by atoms with van der Waals surface area (Å²) >= 11 is 6.36. The molecular weight excluding hydrogens is 528 g/mol. The number of amides is 1. The van der Waals surface area contributed by atoms with E-state index in [9.17, 15) is 13.2 Å². The fourth-order valence-corrected chi connectivity index (χ4v) is 8.72. The van der Waals surface area contributed by atoms with Gasteiger partial charge in [0, 0.05) is 58.7 Å². The number of aromatic nitrogens is 4. The smallest absolute Gasteiger partial charge is 0.281 e. The van der Waals surface area contributed by atoms with Crippen LogP contribution in [0.2, 0.25) is 5.15 Å². The van der Waals surface area contributed by atoms with Gasteiger partial charge >= 0.3 is 0 Å². The zero-order valence-electron chi connectivity index (χ0n) is 21.8. The molecule has 2 aromatic heterocycles. The molecule has 1 saturated heterocycles. The minimum atomic E-state index is -3.68. The molecule has 5 aliphatic rings. The van der Waals surface area contributed by atoms with Crippen LogP contribution in [-0.2, 0) is 15.0 Å². The van der Waals surface area contributed by atoms with Gasteiger partial charge in [-0.1, -0.05) is 11.6 Å². The second kappa shape index (κ2) is 10.0. The molecule has 1 unspecified atom stereocenters. The molecular formula is C25H35ClN8O3S. The summed E-state index contributed by atoms with van der Waals surface area (Å²) < 4.78 is 30.2. The topological polar surface area (TPSA) is 117 Å². The van der Waals surface area contributed by atoms with Gasteiger partial charge in [0.1, 0.15) is 23.3 Å². The normalized spacial score (nSPS) is 31.2. The van der Waals surface area contributed by atoms with Gasteiger partial charge in [-0.2, -0.15) is 22.0 Å². The molecule has 1 atom stereocenters. The number of hydrogen-bond donors (Lipinski definition) is 1. The molecule has 4 bridgehead atoms. The van der Waals surface area contributed by atoms with E-state index in [0.717, 1.165) is 11.8 Å². The predicted octanol–water partition coefficient (Wildman–Crippen LogP) is 1.80. The number of carbonyl (C=O) groups excluding carboxylic acids is 1. The molecule has 7 rings (SSSR count). The van der Waals surface area contributed by atoms with E-state index in [1.165, 1.54) is 54.8 Å². The maximum Gasteiger partial charge on any atom is 0.281 e. The maximum absolute atomic E-state index is 13.8. The standard InChI is InChI=1S/C25H35ClN8O3S/c1-31(2)38(36,37)33-5-6-34(23-12-22(26)29-25(30-23)32-4-3-27-15-32)21(14-33)24(35)28-13-20-18-8-16-7-17(10-18)11-19(20)9-16/h3-4,12,15-21H,5-11,13-14H2,1-2H3,(H,28,35). The molecule has 4 saturated carbocycles. The van der Waals surface area contributed by atoms with Crippen LogP contribution in [-0.4, -0.2) is 88.8 Å². The molecule has 4 aliphatic carbocycles. The lowest BCUT2D eigenvalue weighted by atomic mass is 9.52. The van der Waals surface area contributed by atoms with Gasteiger partial charge in [0.25, 0.3) is 10.2 Å². The van der Waals surface area contributed by atoms with Crippen LogP contribution in [0.1, 0.15) is 32.1 Å². The molecule has 5 fully saturated rings. The summed E-state index contributed by atoms with van der Waals surface area (Å²) in [6, 6.07) is 0.868. The monoisotopic (exact) mass is 562 g/mol. The van der Waals surface area contributed by atoms with Crippen molar-refractivity contribution in [2.75, 3.05) is 45.2 Å². The van der Waals surface area contributed by atoms with Gasteiger partial charge in [0.2, 0.25) is 11.9 Å². The molecule has 1 N–H and O–H groups in total. The number of halogens is 1. The molecule has 3 heterocycles. The number of hydrogen-bond acceptors (Lipinski definition) is 7. The third kappa shape index (κ3) is 4.80. The van der Waals surface area contributed by atoms with Crippen molar-refractivity contribution in [1.29, 1.82) is 0 Å². The first-order valence-electron chi connectivity index (χ1n) is 13.4. The maximum atomic E-state index is 13.8. The lowest BCUT2D eigenvalue weighted by Gasteiger charge is -2.54. The van der Waals surface area contributed by atoms with Gasteiger partial charge in [-0.15, -0.1) is 0 Å². The highest BCUT2D eigenvalue weighted by atomic mass is 35.5. The summed E-state index contributed by atoms with van der Waals surface area (Å²) in [4.78, 5) is 28.6. The van der Waals surface area contributed by atoms with Gasteiger partial charge < -0.3 is 10.2 Å². The van der Waals surface area contributed by atoms with Crippen LogP contribution < -0.4 is 10.2 Å². The third-order valence-electron chi connectivity index (χ3n) is 9.07. The zero-order chi connectivity index (χ0) is 26.6. The summed E-state index contributed by atoms with van der Waals surface area (Å²) in [7, 11) is -0.675. The summed E-state index contributed by atoms with van der Waals surface area (Å²) in [5.74, 6) is 4.26. The van der Waals surface area contributed by atoms with Crippen molar-refractivity contribution in [3.63, 3.8) is 0 Å². The van der Waals surface area contributed by atoms with Gasteiger partial charge in [0.05, 0.1) is 0 Å². The molecule has 11 nitrogen and oxygen atoms in total. The van der Waals surface area contributed by atoms with Gasteiger partial charge in [-0.05, 0) is 61.7 Å². The highest BCUT2D eigenvalue weighted by molar-refractivity contribution is 7.86. The van der Waals surface area contributed by atoms with Crippen LogP contribution in [0.15, 0.2) is 24.8 Å². The van der Waals surface area contributed by atoms with Gasteiger partial charge in [-0.3, -0.25) is 9.36 Å². The Balaban J connectivity index is 1.25. The molecule has 2 aromatic rings. The second-order valence-corrected chi connectivity index (χ2v) is 14.0. The zero-order valence-corrected chi connectivity index (χ0v) is 23.4. The fourth-order valence-electron chi connectivity index (χ4n) is 7.44. The van der Waals surface area contributed by atoms with Crippen molar-refractivity contribution < 1.29 is 13.2 Å². The third-order valence-corrected chi connectivity index (χ3v) is 11.2. The average molecular weight is 563 g/mol.